The van der Waals surface area contributed by atoms with E-state index in [-0.39, 0.29) is 10.6 Å². The van der Waals surface area contributed by atoms with Crippen LogP contribution in [0.1, 0.15) is 5.69 Å². The number of primary amides is 1. The van der Waals surface area contributed by atoms with E-state index in [1.807, 2.05) is 0 Å². The molecule has 2 rings (SSSR count). The normalized spacial score (nSPS) is 18.6. The second-order valence-corrected chi connectivity index (χ2v) is 6.18. The lowest BCUT2D eigenvalue weighted by Crippen LogP contribution is -2.35. The van der Waals surface area contributed by atoms with Gasteiger partial charge < -0.3 is 10.6 Å². The van der Waals surface area contributed by atoms with Crippen LogP contribution in [0.3, 0.4) is 0 Å². The highest BCUT2D eigenvalue weighted by Gasteiger charge is 2.28. The zero-order chi connectivity index (χ0) is 14.9. The van der Waals surface area contributed by atoms with Crippen molar-refractivity contribution in [2.24, 2.45) is 5.73 Å². The fourth-order valence-electron chi connectivity index (χ4n) is 1.71. The fourth-order valence-corrected chi connectivity index (χ4v) is 3.06. The van der Waals surface area contributed by atoms with Gasteiger partial charge in [-0.3, -0.25) is 9.78 Å². The van der Waals surface area contributed by atoms with Crippen molar-refractivity contribution in [1.29, 1.82) is 0 Å². The van der Waals surface area contributed by atoms with E-state index in [1.54, 1.807) is 29.4 Å². The van der Waals surface area contributed by atoms with Crippen molar-refractivity contribution in [3.63, 3.8) is 0 Å². The van der Waals surface area contributed by atoms with Crippen LogP contribution in [0.4, 0.5) is 0 Å². The molecule has 0 spiro atoms. The molecule has 1 aliphatic heterocycles. The molecule has 106 valence electrons. The number of aromatic nitrogens is 1. The predicted octanol–water partition coefficient (Wildman–Crippen LogP) is 3.37. The van der Waals surface area contributed by atoms with Gasteiger partial charge in [0.05, 0.1) is 27.9 Å². The highest BCUT2D eigenvalue weighted by Crippen LogP contribution is 2.29. The molecule has 1 unspecified atom stereocenters. The molecule has 0 aromatic carbocycles. The summed E-state index contributed by atoms with van der Waals surface area (Å²) in [6, 6.07) is 1.73. The first-order chi connectivity index (χ1) is 9.40. The van der Waals surface area contributed by atoms with Crippen molar-refractivity contribution in [2.45, 2.75) is 12.0 Å². The van der Waals surface area contributed by atoms with Crippen LogP contribution in [0.5, 0.6) is 0 Å². The van der Waals surface area contributed by atoms with Crippen LogP contribution in [0.2, 0.25) is 5.02 Å². The van der Waals surface area contributed by atoms with Crippen LogP contribution in [0.25, 0.3) is 0 Å². The number of carbonyl (C=O) groups excluding carboxylic acids is 1. The number of halogens is 4. The van der Waals surface area contributed by atoms with Crippen LogP contribution in [-0.4, -0.2) is 21.3 Å². The summed E-state index contributed by atoms with van der Waals surface area (Å²) in [5, 5.41) is 0.738. The van der Waals surface area contributed by atoms with E-state index in [9.17, 15) is 4.79 Å². The van der Waals surface area contributed by atoms with E-state index < -0.39 is 11.4 Å². The summed E-state index contributed by atoms with van der Waals surface area (Å²) in [5.41, 5.74) is 5.31. The van der Waals surface area contributed by atoms with Crippen molar-refractivity contribution < 1.29 is 4.79 Å². The lowest BCUT2D eigenvalue weighted by atomic mass is 10.1. The zero-order valence-corrected chi connectivity index (χ0v) is 13.8. The number of hydrogen-bond donors (Lipinski definition) is 1. The molecule has 0 radical (unpaired) electrons. The van der Waals surface area contributed by atoms with Crippen LogP contribution in [0, 0.1) is 0 Å². The summed E-state index contributed by atoms with van der Waals surface area (Å²) in [4.78, 5) is 17.3. The zero-order valence-electron chi connectivity index (χ0n) is 9.99. The van der Waals surface area contributed by atoms with Gasteiger partial charge in [0, 0.05) is 16.9 Å². The second kappa shape index (κ2) is 6.35. The first kappa shape index (κ1) is 15.6. The van der Waals surface area contributed by atoms with Gasteiger partial charge in [-0.25, -0.2) is 0 Å². The predicted molar refractivity (Wildman–Crippen MR) is 83.3 cm³/mol. The molecule has 1 aromatic heterocycles. The highest BCUT2D eigenvalue weighted by atomic mass is 79.9. The van der Waals surface area contributed by atoms with Gasteiger partial charge in [0.2, 0.25) is 5.91 Å². The average molecular weight is 397 g/mol. The van der Waals surface area contributed by atoms with E-state index in [0.29, 0.717) is 17.3 Å². The molecule has 1 aliphatic rings. The molecule has 20 heavy (non-hydrogen) atoms. The third kappa shape index (κ3) is 3.28. The minimum Gasteiger partial charge on any atom is -0.366 e. The second-order valence-electron chi connectivity index (χ2n) is 4.03. The fraction of sp³-hybridized carbons (Fsp3) is 0.167. The maximum Gasteiger partial charge on any atom is 0.249 e. The van der Waals surface area contributed by atoms with Gasteiger partial charge in [0.25, 0.3) is 0 Å². The minimum absolute atomic E-state index is 0.157. The molecular weight excluding hydrogens is 388 g/mol. The standard InChI is InChI=1S/C12H9BrCl3N3O/c13-6-3-8(15)9(18-4-6)5-19-2-1-7(14)10(11(19)16)12(17)20/h1-4,11H,5H2,(H2,17,20). The number of allylic oxidation sites excluding steroid dienone is 2. The molecule has 0 saturated carbocycles. The van der Waals surface area contributed by atoms with Gasteiger partial charge in [-0.1, -0.05) is 34.8 Å². The minimum atomic E-state index is -0.758. The average Bonchev–Trinajstić information content (AvgIpc) is 2.35. The SMILES string of the molecule is NC(=O)C1=C(Cl)C=CN(Cc2ncc(Br)cc2Cl)C1Cl. The number of pyridine rings is 1. The van der Waals surface area contributed by atoms with Gasteiger partial charge in [0.15, 0.2) is 0 Å². The molecule has 8 heteroatoms. The van der Waals surface area contributed by atoms with Crippen molar-refractivity contribution in [2.75, 3.05) is 0 Å². The Morgan fingerprint density at radius 3 is 2.80 bits per heavy atom. The van der Waals surface area contributed by atoms with E-state index in [0.717, 1.165) is 4.47 Å². The summed E-state index contributed by atoms with van der Waals surface area (Å²) in [6.45, 7) is 0.331. The summed E-state index contributed by atoms with van der Waals surface area (Å²) < 4.78 is 0.781. The summed E-state index contributed by atoms with van der Waals surface area (Å²) in [5.74, 6) is -0.654. The molecule has 2 heterocycles. The molecule has 0 bridgehead atoms. The van der Waals surface area contributed by atoms with Crippen LogP contribution in [-0.2, 0) is 11.3 Å². The first-order valence-corrected chi connectivity index (χ1v) is 7.46. The Morgan fingerprint density at radius 1 is 1.50 bits per heavy atom. The Hall–Kier alpha value is -0.750. The molecule has 0 saturated heterocycles. The Balaban J connectivity index is 2.24. The Bertz CT molecular complexity index is 618. The Kier molecular flexibility index (Phi) is 4.96. The maximum atomic E-state index is 11.4. The van der Waals surface area contributed by atoms with Crippen molar-refractivity contribution in [3.8, 4) is 0 Å². The molecule has 4 nitrogen and oxygen atoms in total. The van der Waals surface area contributed by atoms with Gasteiger partial charge in [-0.2, -0.15) is 0 Å². The molecule has 2 N–H and O–H groups in total. The van der Waals surface area contributed by atoms with E-state index in [4.69, 9.17) is 40.5 Å². The number of alkyl halides is 1. The van der Waals surface area contributed by atoms with Gasteiger partial charge in [0.1, 0.15) is 5.50 Å². The Labute approximate surface area is 139 Å². The van der Waals surface area contributed by atoms with Crippen molar-refractivity contribution >= 4 is 56.6 Å². The number of hydrogen-bond acceptors (Lipinski definition) is 3. The summed E-state index contributed by atoms with van der Waals surface area (Å²) in [7, 11) is 0. The molecule has 1 atom stereocenters. The number of carbonyl (C=O) groups is 1. The van der Waals surface area contributed by atoms with Crippen molar-refractivity contribution in [3.05, 3.63) is 50.3 Å². The lowest BCUT2D eigenvalue weighted by Gasteiger charge is -2.30. The van der Waals surface area contributed by atoms with Crippen LogP contribution in [0.15, 0.2) is 39.6 Å². The smallest absolute Gasteiger partial charge is 0.249 e. The lowest BCUT2D eigenvalue weighted by molar-refractivity contribution is -0.115. The maximum absolute atomic E-state index is 11.4. The third-order valence-electron chi connectivity index (χ3n) is 2.68. The first-order valence-electron chi connectivity index (χ1n) is 5.47. The molecule has 1 amide bonds. The van der Waals surface area contributed by atoms with Gasteiger partial charge >= 0.3 is 0 Å². The van der Waals surface area contributed by atoms with Gasteiger partial charge in [-0.15, -0.1) is 0 Å². The van der Waals surface area contributed by atoms with Crippen molar-refractivity contribution in [1.82, 2.24) is 9.88 Å². The third-order valence-corrected chi connectivity index (χ3v) is 4.24. The van der Waals surface area contributed by atoms with E-state index in [2.05, 4.69) is 20.9 Å². The molecule has 0 fully saturated rings. The topological polar surface area (TPSA) is 59.2 Å². The number of amides is 1. The summed E-state index contributed by atoms with van der Waals surface area (Å²) >= 11 is 21.5. The molecule has 0 aliphatic carbocycles. The van der Waals surface area contributed by atoms with E-state index >= 15 is 0 Å². The van der Waals surface area contributed by atoms with Crippen LogP contribution >= 0.6 is 50.7 Å². The summed E-state index contributed by atoms with van der Waals surface area (Å²) in [6.07, 6.45) is 4.87. The van der Waals surface area contributed by atoms with Gasteiger partial charge in [-0.05, 0) is 28.1 Å². The Morgan fingerprint density at radius 2 is 2.20 bits per heavy atom. The van der Waals surface area contributed by atoms with Crippen LogP contribution < -0.4 is 5.73 Å². The number of rotatable bonds is 3. The number of nitrogens with two attached hydrogens (primary N) is 1. The highest BCUT2D eigenvalue weighted by molar-refractivity contribution is 9.10. The molecule has 1 aromatic rings. The largest absolute Gasteiger partial charge is 0.366 e. The number of nitrogens with zero attached hydrogens (tertiary/aromatic N) is 2. The monoisotopic (exact) mass is 395 g/mol. The molecular formula is C12H9BrCl3N3O. The quantitative estimate of drug-likeness (QED) is 0.628. The van der Waals surface area contributed by atoms with E-state index in [1.165, 1.54) is 0 Å².